The molecule has 0 bridgehead atoms. The van der Waals surface area contributed by atoms with Crippen LogP contribution in [0.3, 0.4) is 0 Å². The van der Waals surface area contributed by atoms with Gasteiger partial charge in [-0.3, -0.25) is 19.2 Å². The third-order valence-corrected chi connectivity index (χ3v) is 10.8. The molecule has 4 aromatic rings. The molecule has 1 unspecified atom stereocenters. The van der Waals surface area contributed by atoms with Crippen LogP contribution in [0.25, 0.3) is 0 Å². The van der Waals surface area contributed by atoms with Crippen LogP contribution in [0.2, 0.25) is 0 Å². The number of aryl methyl sites for hydroxylation is 1. The van der Waals surface area contributed by atoms with Crippen molar-refractivity contribution in [3.63, 3.8) is 0 Å². The van der Waals surface area contributed by atoms with Crippen molar-refractivity contribution in [3.05, 3.63) is 123 Å². The third kappa shape index (κ3) is 9.98. The number of nitrogens with one attached hydrogen (secondary N) is 3. The molecule has 9 nitrogen and oxygen atoms in total. The van der Waals surface area contributed by atoms with Crippen LogP contribution >= 0.6 is 11.3 Å². The Morgan fingerprint density at radius 2 is 1.49 bits per heavy atom. The lowest BCUT2D eigenvalue weighted by molar-refractivity contribution is 0.0656. The molecular formula is C36H44N4O5S2. The number of rotatable bonds is 15. The number of aliphatic hydroxyl groups is 1. The van der Waals surface area contributed by atoms with Crippen LogP contribution in [0.15, 0.2) is 90.3 Å². The fourth-order valence-corrected chi connectivity index (χ4v) is 6.90. The summed E-state index contributed by atoms with van der Waals surface area (Å²) in [5.74, 6) is -1.17. The van der Waals surface area contributed by atoms with Gasteiger partial charge in [-0.05, 0) is 87.5 Å². The smallest absolute Gasteiger partial charge is 0.251 e. The van der Waals surface area contributed by atoms with Crippen molar-refractivity contribution in [3.8, 4) is 0 Å². The lowest BCUT2D eigenvalue weighted by Gasteiger charge is -2.31. The molecule has 1 aromatic heterocycles. The van der Waals surface area contributed by atoms with Gasteiger partial charge in [0, 0.05) is 28.6 Å². The molecule has 250 valence electrons. The molecule has 0 spiro atoms. The van der Waals surface area contributed by atoms with Gasteiger partial charge in [0.1, 0.15) is 0 Å². The molecule has 3 aromatic carbocycles. The first-order chi connectivity index (χ1) is 22.4. The van der Waals surface area contributed by atoms with Gasteiger partial charge in [-0.15, -0.1) is 11.3 Å². The average molecular weight is 677 g/mol. The molecule has 0 saturated carbocycles. The minimum absolute atomic E-state index is 0.0172. The molecule has 0 fully saturated rings. The van der Waals surface area contributed by atoms with Gasteiger partial charge in [-0.2, -0.15) is 0 Å². The number of anilines is 1. The van der Waals surface area contributed by atoms with Crippen LogP contribution in [-0.2, 0) is 16.4 Å². The number of aliphatic hydroxyl groups excluding tert-OH is 1. The normalized spacial score (nSPS) is 14.2. The highest BCUT2D eigenvalue weighted by molar-refractivity contribution is 7.92. The molecule has 4 atom stereocenters. The SMILES string of the molecule is CCS(=O)(=O)Nc1cc(C(=O)NC(C)c2sccc2C)cc(C(=O)N[C@@H](Cc2ccccc2)[C@H](O)CN(C)[C@@H](C)c2ccccc2)c1. The van der Waals surface area contributed by atoms with Gasteiger partial charge in [0.25, 0.3) is 11.8 Å². The van der Waals surface area contributed by atoms with Crippen molar-refractivity contribution >= 4 is 38.9 Å². The molecule has 4 rings (SSSR count). The standard InChI is InChI=1S/C36H44N4O5S2/c1-6-47(44,45)39-31-21-29(35(42)37-25(3)34-24(2)17-18-46-34)20-30(22-31)36(43)38-32(19-27-13-9-7-10-14-27)33(41)23-40(5)26(4)28-15-11-8-12-16-28/h7-18,20-22,25-26,32-33,39,41H,6,19,23H2,1-5H3,(H,37,42)(H,38,43)/t25?,26-,32-,33+/m0/s1. The number of sulfonamides is 1. The molecule has 0 aliphatic carbocycles. The van der Waals surface area contributed by atoms with E-state index in [0.29, 0.717) is 6.42 Å². The van der Waals surface area contributed by atoms with E-state index in [1.807, 2.05) is 97.9 Å². The van der Waals surface area contributed by atoms with Crippen molar-refractivity contribution in [1.29, 1.82) is 0 Å². The maximum atomic E-state index is 13.9. The zero-order valence-corrected chi connectivity index (χ0v) is 29.1. The van der Waals surface area contributed by atoms with Crippen molar-refractivity contribution in [2.45, 2.75) is 58.3 Å². The zero-order chi connectivity index (χ0) is 34.1. The Balaban J connectivity index is 1.61. The summed E-state index contributed by atoms with van der Waals surface area (Å²) in [6, 6.07) is 24.8. The van der Waals surface area contributed by atoms with Gasteiger partial charge in [-0.1, -0.05) is 60.7 Å². The highest BCUT2D eigenvalue weighted by Gasteiger charge is 2.26. The minimum Gasteiger partial charge on any atom is -0.390 e. The first kappa shape index (κ1) is 35.8. The Morgan fingerprint density at radius 3 is 2.06 bits per heavy atom. The highest BCUT2D eigenvalue weighted by Crippen LogP contribution is 2.25. The minimum atomic E-state index is -3.70. The Morgan fingerprint density at radius 1 is 0.894 bits per heavy atom. The molecule has 0 radical (unpaired) electrons. The second-order valence-electron chi connectivity index (χ2n) is 11.8. The highest BCUT2D eigenvalue weighted by atomic mass is 32.2. The molecule has 0 aliphatic rings. The zero-order valence-electron chi connectivity index (χ0n) is 27.4. The van der Waals surface area contributed by atoms with E-state index in [4.69, 9.17) is 0 Å². The summed E-state index contributed by atoms with van der Waals surface area (Å²) in [5, 5.41) is 19.4. The van der Waals surface area contributed by atoms with E-state index >= 15 is 0 Å². The predicted molar refractivity (Wildman–Crippen MR) is 189 cm³/mol. The van der Waals surface area contributed by atoms with E-state index < -0.39 is 34.0 Å². The second-order valence-corrected chi connectivity index (χ2v) is 14.8. The number of hydrogen-bond acceptors (Lipinski definition) is 7. The largest absolute Gasteiger partial charge is 0.390 e. The quantitative estimate of drug-likeness (QED) is 0.128. The summed E-state index contributed by atoms with van der Waals surface area (Å²) in [6.45, 7) is 7.68. The summed E-state index contributed by atoms with van der Waals surface area (Å²) in [7, 11) is -1.77. The topological polar surface area (TPSA) is 128 Å². The molecule has 1 heterocycles. The maximum absolute atomic E-state index is 13.9. The van der Waals surface area contributed by atoms with Gasteiger partial charge < -0.3 is 15.7 Å². The fourth-order valence-electron chi connectivity index (χ4n) is 5.34. The van der Waals surface area contributed by atoms with E-state index in [1.165, 1.54) is 36.5 Å². The summed E-state index contributed by atoms with van der Waals surface area (Å²) in [6.07, 6.45) is -0.594. The van der Waals surface area contributed by atoms with E-state index in [9.17, 15) is 23.1 Å². The number of hydrogen-bond donors (Lipinski definition) is 4. The number of thiophene rings is 1. The molecule has 2 amide bonds. The van der Waals surface area contributed by atoms with Crippen molar-refractivity contribution in [1.82, 2.24) is 15.5 Å². The van der Waals surface area contributed by atoms with Gasteiger partial charge in [-0.25, -0.2) is 8.42 Å². The molecular weight excluding hydrogens is 633 g/mol. The molecule has 0 aliphatic heterocycles. The number of carbonyl (C=O) groups is 2. The summed E-state index contributed by atoms with van der Waals surface area (Å²) >= 11 is 1.53. The summed E-state index contributed by atoms with van der Waals surface area (Å²) < 4.78 is 27.4. The Kier molecular flexibility index (Phi) is 12.3. The van der Waals surface area contributed by atoms with Crippen LogP contribution in [0.5, 0.6) is 0 Å². The third-order valence-electron chi connectivity index (χ3n) is 8.25. The monoisotopic (exact) mass is 676 g/mol. The molecule has 47 heavy (non-hydrogen) atoms. The van der Waals surface area contributed by atoms with E-state index in [-0.39, 0.29) is 41.2 Å². The van der Waals surface area contributed by atoms with Gasteiger partial charge in [0.05, 0.1) is 29.6 Å². The Labute approximate surface area is 282 Å². The number of nitrogens with zero attached hydrogens (tertiary/aromatic N) is 1. The Bertz CT molecular complexity index is 1750. The van der Waals surface area contributed by atoms with Gasteiger partial charge in [0.2, 0.25) is 10.0 Å². The van der Waals surface area contributed by atoms with Crippen LogP contribution in [0.1, 0.15) is 75.1 Å². The number of likely N-dealkylation sites (N-methyl/N-ethyl adjacent to an activating group) is 1. The first-order valence-corrected chi connectivity index (χ1v) is 18.2. The lowest BCUT2D eigenvalue weighted by Crippen LogP contribution is -2.49. The van der Waals surface area contributed by atoms with Crippen LogP contribution in [0, 0.1) is 6.92 Å². The van der Waals surface area contributed by atoms with E-state index in [1.54, 1.807) is 0 Å². The lowest BCUT2D eigenvalue weighted by atomic mass is 9.99. The van der Waals surface area contributed by atoms with Gasteiger partial charge >= 0.3 is 0 Å². The van der Waals surface area contributed by atoms with Crippen molar-refractivity contribution in [2.24, 2.45) is 0 Å². The fraction of sp³-hybridized carbons (Fsp3) is 0.333. The molecule has 0 saturated heterocycles. The number of benzene rings is 3. The van der Waals surface area contributed by atoms with Crippen LogP contribution in [0.4, 0.5) is 5.69 Å². The summed E-state index contributed by atoms with van der Waals surface area (Å²) in [5.41, 5.74) is 3.40. The molecule has 11 heteroatoms. The van der Waals surface area contributed by atoms with Crippen LogP contribution < -0.4 is 15.4 Å². The van der Waals surface area contributed by atoms with Crippen molar-refractivity contribution in [2.75, 3.05) is 24.1 Å². The van der Waals surface area contributed by atoms with E-state index in [0.717, 1.165) is 21.6 Å². The van der Waals surface area contributed by atoms with Gasteiger partial charge in [0.15, 0.2) is 0 Å². The van der Waals surface area contributed by atoms with E-state index in [2.05, 4.69) is 22.3 Å². The summed E-state index contributed by atoms with van der Waals surface area (Å²) in [4.78, 5) is 30.3. The number of amides is 2. The Hall–Kier alpha value is -4.03. The number of carbonyl (C=O) groups excluding carboxylic acids is 2. The first-order valence-electron chi connectivity index (χ1n) is 15.6. The average Bonchev–Trinajstić information content (AvgIpc) is 3.50. The molecule has 4 N–H and O–H groups in total. The van der Waals surface area contributed by atoms with Crippen molar-refractivity contribution < 1.29 is 23.1 Å². The predicted octanol–water partition coefficient (Wildman–Crippen LogP) is 5.70. The van der Waals surface area contributed by atoms with Crippen LogP contribution in [-0.4, -0.2) is 61.7 Å². The maximum Gasteiger partial charge on any atom is 0.251 e. The second kappa shape index (κ2) is 16.2.